The van der Waals surface area contributed by atoms with Gasteiger partial charge in [0.15, 0.2) is 12.0 Å². The van der Waals surface area contributed by atoms with Crippen molar-refractivity contribution < 1.29 is 23.9 Å². The van der Waals surface area contributed by atoms with Crippen LogP contribution in [0.3, 0.4) is 0 Å². The molecule has 186 valence electrons. The average molecular weight is 480 g/mol. The van der Waals surface area contributed by atoms with E-state index in [-0.39, 0.29) is 12.2 Å². The highest BCUT2D eigenvalue weighted by Crippen LogP contribution is 2.25. The number of amides is 1. The first-order chi connectivity index (χ1) is 16.9. The van der Waals surface area contributed by atoms with E-state index in [4.69, 9.17) is 19.3 Å². The lowest BCUT2D eigenvalue weighted by Gasteiger charge is -2.21. The molecule has 0 aliphatic carbocycles. The number of hydrogen-bond acceptors (Lipinski definition) is 6. The van der Waals surface area contributed by atoms with Crippen LogP contribution in [0.1, 0.15) is 49.4 Å². The molecule has 8 heteroatoms. The summed E-state index contributed by atoms with van der Waals surface area (Å²) in [5.74, 6) is -0.0640. The van der Waals surface area contributed by atoms with Crippen molar-refractivity contribution in [3.8, 4) is 11.3 Å². The number of nitrogens with one attached hydrogen (secondary N) is 1. The second kappa shape index (κ2) is 12.8. The SMILES string of the molecule is C\C=C(/C=C(C)/C=C/C(=O)NOC1CCCCO1)Cc1nc(-c2ccccc2)c(C(=O)OC)n1C. The van der Waals surface area contributed by atoms with Crippen LogP contribution in [0.15, 0.2) is 65.8 Å². The van der Waals surface area contributed by atoms with Gasteiger partial charge in [0.2, 0.25) is 0 Å². The quantitative estimate of drug-likeness (QED) is 0.247. The van der Waals surface area contributed by atoms with Crippen molar-refractivity contribution in [3.05, 3.63) is 77.3 Å². The molecule has 1 atom stereocenters. The van der Waals surface area contributed by atoms with E-state index in [0.29, 0.717) is 24.4 Å². The molecule has 0 bridgehead atoms. The van der Waals surface area contributed by atoms with Crippen LogP contribution in [0.25, 0.3) is 11.3 Å². The van der Waals surface area contributed by atoms with Crippen LogP contribution >= 0.6 is 0 Å². The Morgan fingerprint density at radius 2 is 2.00 bits per heavy atom. The number of rotatable bonds is 9. The van der Waals surface area contributed by atoms with E-state index in [2.05, 4.69) is 5.48 Å². The molecule has 1 aliphatic rings. The third-order valence-electron chi connectivity index (χ3n) is 5.69. The van der Waals surface area contributed by atoms with Gasteiger partial charge in [-0.15, -0.1) is 0 Å². The Kier molecular flexibility index (Phi) is 9.57. The zero-order valence-electron chi connectivity index (χ0n) is 20.7. The number of methoxy groups -OCH3 is 1. The monoisotopic (exact) mass is 479 g/mol. The fourth-order valence-electron chi connectivity index (χ4n) is 3.76. The van der Waals surface area contributed by atoms with E-state index in [1.165, 1.54) is 13.2 Å². The summed E-state index contributed by atoms with van der Waals surface area (Å²) in [5.41, 5.74) is 6.12. The van der Waals surface area contributed by atoms with Crippen molar-refractivity contribution >= 4 is 11.9 Å². The highest BCUT2D eigenvalue weighted by molar-refractivity contribution is 5.94. The Hall–Kier alpha value is -3.49. The summed E-state index contributed by atoms with van der Waals surface area (Å²) in [6, 6.07) is 9.56. The molecular weight excluding hydrogens is 446 g/mol. The van der Waals surface area contributed by atoms with Crippen LogP contribution in [-0.2, 0) is 32.6 Å². The molecule has 2 heterocycles. The molecule has 1 aromatic heterocycles. The second-order valence-corrected chi connectivity index (χ2v) is 8.28. The Bertz CT molecular complexity index is 1110. The van der Waals surface area contributed by atoms with Gasteiger partial charge in [-0.05, 0) is 32.3 Å². The van der Waals surface area contributed by atoms with Crippen LogP contribution < -0.4 is 5.48 Å². The molecule has 0 spiro atoms. The first-order valence-corrected chi connectivity index (χ1v) is 11.7. The molecule has 0 radical (unpaired) electrons. The summed E-state index contributed by atoms with van der Waals surface area (Å²) >= 11 is 0. The summed E-state index contributed by atoms with van der Waals surface area (Å²) in [7, 11) is 3.17. The number of allylic oxidation sites excluding steroid dienone is 5. The van der Waals surface area contributed by atoms with E-state index in [9.17, 15) is 9.59 Å². The number of hydroxylamine groups is 1. The number of carbonyl (C=O) groups excluding carboxylic acids is 2. The summed E-state index contributed by atoms with van der Waals surface area (Å²) in [5, 5.41) is 0. The normalized spacial score (nSPS) is 17.0. The van der Waals surface area contributed by atoms with Crippen LogP contribution in [0.4, 0.5) is 0 Å². The maximum atomic E-state index is 12.5. The number of benzene rings is 1. The molecule has 1 fully saturated rings. The molecule has 3 rings (SSSR count). The highest BCUT2D eigenvalue weighted by atomic mass is 16.8. The lowest BCUT2D eigenvalue weighted by molar-refractivity contribution is -0.198. The molecule has 0 saturated carbocycles. The molecule has 1 aliphatic heterocycles. The average Bonchev–Trinajstić information content (AvgIpc) is 3.22. The molecular formula is C27H33N3O5. The molecule has 8 nitrogen and oxygen atoms in total. The zero-order valence-corrected chi connectivity index (χ0v) is 20.7. The predicted octanol–water partition coefficient (Wildman–Crippen LogP) is 4.44. The Labute approximate surface area is 206 Å². The molecule has 1 unspecified atom stereocenters. The van der Waals surface area contributed by atoms with Crippen molar-refractivity contribution in [1.82, 2.24) is 15.0 Å². The van der Waals surface area contributed by atoms with E-state index in [0.717, 1.165) is 41.8 Å². The fourth-order valence-corrected chi connectivity index (χ4v) is 3.76. The third-order valence-corrected chi connectivity index (χ3v) is 5.69. The van der Waals surface area contributed by atoms with Gasteiger partial charge in [-0.1, -0.05) is 54.1 Å². The standard InChI is InChI=1S/C27H33N3O5/c1-5-20(17-19(2)14-15-23(31)29-35-24-13-9-10-16-34-24)18-22-28-25(21-11-7-6-8-12-21)26(30(22)3)27(32)33-4/h5-8,11-12,14-15,17,24H,9-10,13,16,18H2,1-4H3,(H,29,31)/b15-14+,19-17+,20-5+. The lowest BCUT2D eigenvalue weighted by atomic mass is 10.1. The zero-order chi connectivity index (χ0) is 25.2. The third kappa shape index (κ3) is 7.24. The van der Waals surface area contributed by atoms with Crippen molar-refractivity contribution in [2.75, 3.05) is 13.7 Å². The largest absolute Gasteiger partial charge is 0.464 e. The van der Waals surface area contributed by atoms with Crippen molar-refractivity contribution in [1.29, 1.82) is 0 Å². The van der Waals surface area contributed by atoms with Crippen LogP contribution in [0.2, 0.25) is 0 Å². The van der Waals surface area contributed by atoms with E-state index < -0.39 is 5.97 Å². The van der Waals surface area contributed by atoms with Gasteiger partial charge in [-0.25, -0.2) is 20.1 Å². The molecule has 35 heavy (non-hydrogen) atoms. The summed E-state index contributed by atoms with van der Waals surface area (Å²) < 4.78 is 12.2. The van der Waals surface area contributed by atoms with E-state index in [1.807, 2.05) is 63.4 Å². The minimum absolute atomic E-state index is 0.353. The minimum Gasteiger partial charge on any atom is -0.464 e. The predicted molar refractivity (Wildman–Crippen MR) is 133 cm³/mol. The summed E-state index contributed by atoms with van der Waals surface area (Å²) in [6.45, 7) is 4.50. The molecule has 2 aromatic rings. The van der Waals surface area contributed by atoms with E-state index in [1.54, 1.807) is 10.6 Å². The van der Waals surface area contributed by atoms with Gasteiger partial charge in [-0.2, -0.15) is 0 Å². The van der Waals surface area contributed by atoms with Crippen LogP contribution in [0, 0.1) is 0 Å². The molecule has 1 amide bonds. The Morgan fingerprint density at radius 1 is 1.23 bits per heavy atom. The maximum absolute atomic E-state index is 12.5. The van der Waals surface area contributed by atoms with Crippen molar-refractivity contribution in [2.45, 2.75) is 45.8 Å². The number of hydrogen-bond donors (Lipinski definition) is 1. The smallest absolute Gasteiger partial charge is 0.357 e. The van der Waals surface area contributed by atoms with Gasteiger partial charge in [0.25, 0.3) is 5.91 Å². The maximum Gasteiger partial charge on any atom is 0.357 e. The Morgan fingerprint density at radius 3 is 2.66 bits per heavy atom. The fraction of sp³-hybridized carbons (Fsp3) is 0.370. The summed E-state index contributed by atoms with van der Waals surface area (Å²) in [6.07, 6.45) is 10.0. The molecule has 1 saturated heterocycles. The van der Waals surface area contributed by atoms with Gasteiger partial charge in [0.05, 0.1) is 7.11 Å². The van der Waals surface area contributed by atoms with Crippen LogP contribution in [-0.4, -0.2) is 41.4 Å². The first kappa shape index (κ1) is 26.1. The topological polar surface area (TPSA) is 91.7 Å². The molecule has 1 N–H and O–H groups in total. The minimum atomic E-state index is -0.436. The highest BCUT2D eigenvalue weighted by Gasteiger charge is 2.23. The lowest BCUT2D eigenvalue weighted by Crippen LogP contribution is -2.32. The van der Waals surface area contributed by atoms with Gasteiger partial charge in [0, 0.05) is 38.1 Å². The first-order valence-electron chi connectivity index (χ1n) is 11.7. The second-order valence-electron chi connectivity index (χ2n) is 8.28. The van der Waals surface area contributed by atoms with Crippen LogP contribution in [0.5, 0.6) is 0 Å². The number of nitrogens with zero attached hydrogens (tertiary/aromatic N) is 2. The van der Waals surface area contributed by atoms with Gasteiger partial charge < -0.3 is 14.0 Å². The van der Waals surface area contributed by atoms with Crippen molar-refractivity contribution in [3.63, 3.8) is 0 Å². The van der Waals surface area contributed by atoms with Crippen molar-refractivity contribution in [2.24, 2.45) is 7.05 Å². The number of aromatic nitrogens is 2. The van der Waals surface area contributed by atoms with E-state index >= 15 is 0 Å². The van der Waals surface area contributed by atoms with Gasteiger partial charge in [0.1, 0.15) is 11.5 Å². The number of carbonyl (C=O) groups is 2. The number of imidazole rings is 1. The molecule has 1 aromatic carbocycles. The van der Waals surface area contributed by atoms with Gasteiger partial charge in [-0.3, -0.25) is 4.79 Å². The number of ether oxygens (including phenoxy) is 2. The van der Waals surface area contributed by atoms with Gasteiger partial charge >= 0.3 is 5.97 Å². The summed E-state index contributed by atoms with van der Waals surface area (Å²) in [4.78, 5) is 34.6. The number of esters is 1. The Balaban J connectivity index is 1.70.